The van der Waals surface area contributed by atoms with Gasteiger partial charge in [-0.05, 0) is 18.8 Å². The van der Waals surface area contributed by atoms with Crippen molar-refractivity contribution in [2.75, 3.05) is 18.9 Å². The predicted octanol–water partition coefficient (Wildman–Crippen LogP) is 2.66. The maximum absolute atomic E-state index is 5.79. The molecule has 1 aliphatic carbocycles. The second kappa shape index (κ2) is 6.64. The number of amidine groups is 1. The number of nitrogens with one attached hydrogen (secondary N) is 1. The van der Waals surface area contributed by atoms with Crippen molar-refractivity contribution in [3.8, 4) is 0 Å². The van der Waals surface area contributed by atoms with Crippen LogP contribution in [0.4, 0.5) is 0 Å². The average molecular weight is 256 g/mol. The maximum atomic E-state index is 5.79. The van der Waals surface area contributed by atoms with E-state index in [1.54, 1.807) is 0 Å². The Bertz CT molecular complexity index is 262. The van der Waals surface area contributed by atoms with Gasteiger partial charge in [0.2, 0.25) is 0 Å². The highest BCUT2D eigenvalue weighted by Crippen LogP contribution is 2.21. The van der Waals surface area contributed by atoms with Gasteiger partial charge < -0.3 is 10.1 Å². The first-order valence-electron chi connectivity index (χ1n) is 6.81. The number of hydrogen-bond donors (Lipinski definition) is 1. The molecule has 0 aromatic heterocycles. The molecule has 1 aliphatic heterocycles. The second-order valence-corrected chi connectivity index (χ2v) is 6.28. The minimum Gasteiger partial charge on any atom is -0.376 e. The molecule has 0 radical (unpaired) electrons. The van der Waals surface area contributed by atoms with E-state index >= 15 is 0 Å². The van der Waals surface area contributed by atoms with Gasteiger partial charge in [0.05, 0.1) is 19.3 Å². The zero-order chi connectivity index (χ0) is 12.1. The molecule has 2 fully saturated rings. The Hall–Kier alpha value is -0.220. The molecule has 1 saturated carbocycles. The van der Waals surface area contributed by atoms with Crippen LogP contribution in [0.2, 0.25) is 0 Å². The molecular weight excluding hydrogens is 232 g/mol. The Kier molecular flexibility index (Phi) is 5.16. The second-order valence-electron chi connectivity index (χ2n) is 5.27. The summed E-state index contributed by atoms with van der Waals surface area (Å²) < 4.78 is 5.79. The van der Waals surface area contributed by atoms with Gasteiger partial charge in [-0.15, -0.1) is 0 Å². The smallest absolute Gasteiger partial charge is 0.156 e. The lowest BCUT2D eigenvalue weighted by Gasteiger charge is -2.13. The van der Waals surface area contributed by atoms with Gasteiger partial charge in [0.1, 0.15) is 0 Å². The topological polar surface area (TPSA) is 33.6 Å². The molecule has 1 heterocycles. The molecule has 0 amide bonds. The molecule has 3 nitrogen and oxygen atoms in total. The van der Waals surface area contributed by atoms with Crippen molar-refractivity contribution in [1.82, 2.24) is 5.32 Å². The van der Waals surface area contributed by atoms with Crippen LogP contribution in [0.25, 0.3) is 0 Å². The molecule has 1 atom stereocenters. The Morgan fingerprint density at radius 1 is 1.41 bits per heavy atom. The quantitative estimate of drug-likeness (QED) is 0.768. The lowest BCUT2D eigenvalue weighted by Crippen LogP contribution is -2.31. The minimum absolute atomic E-state index is 0.516. The molecular formula is C13H24N2OS. The molecule has 0 spiro atoms. The standard InChI is InChI=1S/C13H24N2OS/c1-10(2)12-9-17-13(15-12)14-7-8-16-11-5-3-4-6-11/h10-12H,3-9H2,1-2H3,(H,14,15). The van der Waals surface area contributed by atoms with Crippen LogP contribution in [-0.4, -0.2) is 36.2 Å². The highest BCUT2D eigenvalue weighted by molar-refractivity contribution is 8.14. The third kappa shape index (κ3) is 4.18. The highest BCUT2D eigenvalue weighted by Gasteiger charge is 2.22. The monoisotopic (exact) mass is 256 g/mol. The number of ether oxygens (including phenoxy) is 1. The van der Waals surface area contributed by atoms with Crippen molar-refractivity contribution in [2.45, 2.75) is 51.7 Å². The molecule has 0 bridgehead atoms. The summed E-state index contributed by atoms with van der Waals surface area (Å²) in [4.78, 5) is 4.56. The predicted molar refractivity (Wildman–Crippen MR) is 74.7 cm³/mol. The van der Waals surface area contributed by atoms with E-state index in [-0.39, 0.29) is 0 Å². The van der Waals surface area contributed by atoms with E-state index in [0.717, 1.165) is 24.1 Å². The van der Waals surface area contributed by atoms with Crippen molar-refractivity contribution in [2.24, 2.45) is 10.9 Å². The summed E-state index contributed by atoms with van der Waals surface area (Å²) in [6, 6.07) is 0.592. The van der Waals surface area contributed by atoms with Crippen molar-refractivity contribution in [1.29, 1.82) is 0 Å². The molecule has 1 N–H and O–H groups in total. The Balaban J connectivity index is 1.60. The Morgan fingerprint density at radius 2 is 2.18 bits per heavy atom. The number of aliphatic imine (C=N–C) groups is 1. The van der Waals surface area contributed by atoms with Crippen LogP contribution < -0.4 is 5.32 Å². The Labute approximate surface area is 109 Å². The van der Waals surface area contributed by atoms with Gasteiger partial charge in [0.15, 0.2) is 5.17 Å². The van der Waals surface area contributed by atoms with Gasteiger partial charge >= 0.3 is 0 Å². The van der Waals surface area contributed by atoms with Crippen molar-refractivity contribution in [3.63, 3.8) is 0 Å². The largest absolute Gasteiger partial charge is 0.376 e. The number of nitrogens with zero attached hydrogens (tertiary/aromatic N) is 1. The van der Waals surface area contributed by atoms with Gasteiger partial charge in [0.25, 0.3) is 0 Å². The van der Waals surface area contributed by atoms with E-state index in [1.165, 1.54) is 25.7 Å². The average Bonchev–Trinajstić information content (AvgIpc) is 2.96. The van der Waals surface area contributed by atoms with Gasteiger partial charge in [-0.2, -0.15) is 0 Å². The van der Waals surface area contributed by atoms with Crippen LogP contribution in [0.5, 0.6) is 0 Å². The van der Waals surface area contributed by atoms with E-state index in [1.807, 2.05) is 11.8 Å². The maximum Gasteiger partial charge on any atom is 0.156 e. The van der Waals surface area contributed by atoms with Crippen LogP contribution in [0, 0.1) is 5.92 Å². The van der Waals surface area contributed by atoms with Crippen molar-refractivity contribution in [3.05, 3.63) is 0 Å². The summed E-state index contributed by atoms with van der Waals surface area (Å²) in [5.74, 6) is 1.84. The van der Waals surface area contributed by atoms with Crippen molar-refractivity contribution < 1.29 is 4.74 Å². The first-order chi connectivity index (χ1) is 8.25. The molecule has 17 heavy (non-hydrogen) atoms. The van der Waals surface area contributed by atoms with Crippen LogP contribution in [-0.2, 0) is 4.74 Å². The fourth-order valence-electron chi connectivity index (χ4n) is 2.28. The van der Waals surface area contributed by atoms with Crippen molar-refractivity contribution >= 4 is 16.9 Å². The minimum atomic E-state index is 0.516. The lowest BCUT2D eigenvalue weighted by atomic mass is 10.1. The molecule has 0 aromatic carbocycles. The molecule has 4 heteroatoms. The van der Waals surface area contributed by atoms with Gasteiger partial charge in [-0.1, -0.05) is 38.5 Å². The summed E-state index contributed by atoms with van der Waals surface area (Å²) in [6.45, 7) is 6.09. The number of rotatable bonds is 5. The van der Waals surface area contributed by atoms with Crippen LogP contribution in [0.1, 0.15) is 39.5 Å². The van der Waals surface area contributed by atoms with Crippen LogP contribution in [0.15, 0.2) is 4.99 Å². The zero-order valence-electron chi connectivity index (χ0n) is 10.9. The molecule has 1 unspecified atom stereocenters. The summed E-state index contributed by atoms with van der Waals surface area (Å²) in [7, 11) is 0. The normalized spacial score (nSPS) is 28.2. The lowest BCUT2D eigenvalue weighted by molar-refractivity contribution is 0.0644. The Morgan fingerprint density at radius 3 is 2.82 bits per heavy atom. The van der Waals surface area contributed by atoms with E-state index in [4.69, 9.17) is 4.74 Å². The molecule has 2 rings (SSSR count). The van der Waals surface area contributed by atoms with Gasteiger partial charge in [-0.25, -0.2) is 0 Å². The van der Waals surface area contributed by atoms with Gasteiger partial charge in [-0.3, -0.25) is 4.99 Å². The van der Waals surface area contributed by atoms with E-state index in [2.05, 4.69) is 24.2 Å². The summed E-state index contributed by atoms with van der Waals surface area (Å²) in [5.41, 5.74) is 0. The molecule has 0 aromatic rings. The fraction of sp³-hybridized carbons (Fsp3) is 0.923. The fourth-order valence-corrected chi connectivity index (χ4v) is 3.51. The summed E-state index contributed by atoms with van der Waals surface area (Å²) in [6.07, 6.45) is 5.69. The van der Waals surface area contributed by atoms with E-state index in [0.29, 0.717) is 18.1 Å². The van der Waals surface area contributed by atoms with Crippen LogP contribution >= 0.6 is 11.8 Å². The highest BCUT2D eigenvalue weighted by atomic mass is 32.2. The van der Waals surface area contributed by atoms with Crippen LogP contribution in [0.3, 0.4) is 0 Å². The SMILES string of the molecule is CC(C)C1CSC(=NCCOC2CCCC2)N1. The van der Waals surface area contributed by atoms with E-state index in [9.17, 15) is 0 Å². The third-order valence-corrected chi connectivity index (χ3v) is 4.56. The van der Waals surface area contributed by atoms with Gasteiger partial charge in [0, 0.05) is 11.8 Å². The van der Waals surface area contributed by atoms with E-state index < -0.39 is 0 Å². The first kappa shape index (κ1) is 13.2. The molecule has 98 valence electrons. The number of hydrogen-bond acceptors (Lipinski definition) is 3. The third-order valence-electron chi connectivity index (χ3n) is 3.52. The summed E-state index contributed by atoms with van der Waals surface area (Å²) >= 11 is 1.84. The zero-order valence-corrected chi connectivity index (χ0v) is 11.8. The summed E-state index contributed by atoms with van der Waals surface area (Å²) in [5, 5.41) is 4.59. The number of thioether (sulfide) groups is 1. The molecule has 2 aliphatic rings. The molecule has 1 saturated heterocycles. The first-order valence-corrected chi connectivity index (χ1v) is 7.79.